The highest BCUT2D eigenvalue weighted by Gasteiger charge is 2.16. The Morgan fingerprint density at radius 1 is 0.955 bits per heavy atom. The van der Waals surface area contributed by atoms with Crippen LogP contribution in [0.3, 0.4) is 0 Å². The van der Waals surface area contributed by atoms with E-state index in [1.54, 1.807) is 12.1 Å². The second-order valence-electron chi connectivity index (χ2n) is 5.32. The molecule has 0 aliphatic carbocycles. The third kappa shape index (κ3) is 4.29. The summed E-state index contributed by atoms with van der Waals surface area (Å²) in [4.78, 5) is 23.0. The number of hydrogen-bond acceptors (Lipinski definition) is 2. The van der Waals surface area contributed by atoms with Gasteiger partial charge in [-0.05, 0) is 29.2 Å². The van der Waals surface area contributed by atoms with Crippen LogP contribution in [0.4, 0.5) is 0 Å². The number of amides is 1. The Bertz CT molecular complexity index is 603. The summed E-state index contributed by atoms with van der Waals surface area (Å²) in [6.07, 6.45) is 0.779. The van der Waals surface area contributed by atoms with Gasteiger partial charge >= 0.3 is 0 Å². The van der Waals surface area contributed by atoms with E-state index in [1.165, 1.54) is 0 Å². The predicted octanol–water partition coefficient (Wildman–Crippen LogP) is 3.94. The maximum absolute atomic E-state index is 12.1. The first-order valence-electron chi connectivity index (χ1n) is 7.03. The number of carbonyl (C=O) groups excluding carboxylic acids is 2. The zero-order valence-electron chi connectivity index (χ0n) is 12.2. The molecule has 2 aromatic carbocycles. The topological polar surface area (TPSA) is 46.2 Å². The molecule has 0 aliphatic heterocycles. The molecule has 0 heterocycles. The van der Waals surface area contributed by atoms with Gasteiger partial charge in [0.15, 0.2) is 0 Å². The van der Waals surface area contributed by atoms with Crippen LogP contribution in [0.2, 0.25) is 0 Å². The van der Waals surface area contributed by atoms with Crippen molar-refractivity contribution in [2.24, 2.45) is 5.92 Å². The molecule has 1 amide bonds. The molecule has 3 nitrogen and oxygen atoms in total. The second-order valence-corrected chi connectivity index (χ2v) is 5.32. The van der Waals surface area contributed by atoms with Crippen molar-refractivity contribution >= 4 is 12.2 Å². The van der Waals surface area contributed by atoms with E-state index in [0.717, 1.165) is 17.4 Å². The van der Waals surface area contributed by atoms with Crippen LogP contribution in [-0.4, -0.2) is 18.2 Å². The normalized spacial score (nSPS) is 11.4. The zero-order chi connectivity index (χ0) is 15.2. The van der Waals surface area contributed by atoms with Gasteiger partial charge in [-0.3, -0.25) is 4.79 Å². The van der Waals surface area contributed by atoms with Crippen LogP contribution in [0.1, 0.15) is 31.6 Å². The van der Waals surface area contributed by atoms with Crippen molar-refractivity contribution < 1.29 is 9.59 Å². The Kier molecular flexibility index (Phi) is 6.51. The van der Waals surface area contributed by atoms with Gasteiger partial charge in [0, 0.05) is 5.56 Å². The van der Waals surface area contributed by atoms with E-state index in [0.29, 0.717) is 5.56 Å². The largest absolute Gasteiger partial charge is 0.342 e. The van der Waals surface area contributed by atoms with E-state index in [-0.39, 0.29) is 19.3 Å². The molecule has 1 atom stereocenters. The molecule has 1 N–H and O–H groups in total. The van der Waals surface area contributed by atoms with Gasteiger partial charge in [-0.25, -0.2) is 0 Å². The molecule has 0 saturated heterocycles. The maximum atomic E-state index is 12.1. The average molecular weight is 297 g/mol. The molecule has 22 heavy (non-hydrogen) atoms. The third-order valence-corrected chi connectivity index (χ3v) is 3.42. The molecule has 0 saturated carbocycles. The number of rotatable bonds is 5. The van der Waals surface area contributed by atoms with Gasteiger partial charge in [0.25, 0.3) is 5.91 Å². The summed E-state index contributed by atoms with van der Waals surface area (Å²) in [7, 11) is 0. The van der Waals surface area contributed by atoms with E-state index in [4.69, 9.17) is 0 Å². The summed E-state index contributed by atoms with van der Waals surface area (Å²) >= 11 is 0. The quantitative estimate of drug-likeness (QED) is 0.850. The highest BCUT2D eigenvalue weighted by Crippen LogP contribution is 2.19. The lowest BCUT2D eigenvalue weighted by Crippen LogP contribution is -2.39. The van der Waals surface area contributed by atoms with Gasteiger partial charge in [0.05, 0.1) is 6.04 Å². The fourth-order valence-electron chi connectivity index (χ4n) is 2.04. The highest BCUT2D eigenvalue weighted by atomic mass is 16.2. The summed E-state index contributed by atoms with van der Waals surface area (Å²) in [5, 5.41) is 2.73. The molecule has 0 aliphatic rings. The molecule has 3 heteroatoms. The van der Waals surface area contributed by atoms with Crippen molar-refractivity contribution in [3.8, 4) is 11.1 Å². The zero-order valence-corrected chi connectivity index (χ0v) is 12.2. The van der Waals surface area contributed by atoms with Crippen LogP contribution in [0.15, 0.2) is 54.6 Å². The fraction of sp³-hybridized carbons (Fsp3) is 0.263. The number of benzene rings is 2. The van der Waals surface area contributed by atoms with E-state index in [9.17, 15) is 9.59 Å². The number of hydrogen-bond donors (Lipinski definition) is 1. The first-order chi connectivity index (χ1) is 10.1. The van der Waals surface area contributed by atoms with Crippen LogP contribution in [0.5, 0.6) is 0 Å². The SMILES string of the molecule is C.CC(C)[C@@H](C=O)NC(=O)c1ccc(-c2ccccc2)cc1. The van der Waals surface area contributed by atoms with Crippen LogP contribution in [0, 0.1) is 5.92 Å². The van der Waals surface area contributed by atoms with Crippen molar-refractivity contribution in [3.05, 3.63) is 60.2 Å². The molecule has 0 bridgehead atoms. The van der Waals surface area contributed by atoms with Gasteiger partial charge in [0.2, 0.25) is 0 Å². The minimum absolute atomic E-state index is 0. The Morgan fingerprint density at radius 3 is 2.00 bits per heavy atom. The van der Waals surface area contributed by atoms with E-state index in [1.807, 2.05) is 56.3 Å². The number of nitrogens with one attached hydrogen (secondary N) is 1. The number of carbonyl (C=O) groups is 2. The summed E-state index contributed by atoms with van der Waals surface area (Å²) < 4.78 is 0. The van der Waals surface area contributed by atoms with Gasteiger partial charge in [0.1, 0.15) is 6.29 Å². The minimum Gasteiger partial charge on any atom is -0.342 e. The molecule has 0 spiro atoms. The summed E-state index contributed by atoms with van der Waals surface area (Å²) in [5.74, 6) is -0.143. The third-order valence-electron chi connectivity index (χ3n) is 3.42. The van der Waals surface area contributed by atoms with Gasteiger partial charge < -0.3 is 10.1 Å². The first-order valence-corrected chi connectivity index (χ1v) is 7.03. The average Bonchev–Trinajstić information content (AvgIpc) is 2.53. The lowest BCUT2D eigenvalue weighted by molar-refractivity contribution is -0.110. The van der Waals surface area contributed by atoms with Gasteiger partial charge in [-0.15, -0.1) is 0 Å². The molecule has 2 aromatic rings. The molecule has 0 radical (unpaired) electrons. The van der Waals surface area contributed by atoms with Gasteiger partial charge in [-0.2, -0.15) is 0 Å². The van der Waals surface area contributed by atoms with Crippen molar-refractivity contribution in [3.63, 3.8) is 0 Å². The van der Waals surface area contributed by atoms with Crippen molar-refractivity contribution in [1.29, 1.82) is 0 Å². The monoisotopic (exact) mass is 297 g/mol. The molecule has 0 fully saturated rings. The van der Waals surface area contributed by atoms with Crippen molar-refractivity contribution in [1.82, 2.24) is 5.32 Å². The fourth-order valence-corrected chi connectivity index (χ4v) is 2.04. The lowest BCUT2D eigenvalue weighted by atomic mass is 10.0. The van der Waals surface area contributed by atoms with Crippen LogP contribution < -0.4 is 5.32 Å². The van der Waals surface area contributed by atoms with Gasteiger partial charge in [-0.1, -0.05) is 63.7 Å². The Morgan fingerprint density at radius 2 is 1.50 bits per heavy atom. The highest BCUT2D eigenvalue weighted by molar-refractivity contribution is 5.96. The summed E-state index contributed by atoms with van der Waals surface area (Å²) in [5.41, 5.74) is 2.72. The minimum atomic E-state index is -0.453. The Balaban J connectivity index is 0.00000242. The predicted molar refractivity (Wildman–Crippen MR) is 90.8 cm³/mol. The molecule has 2 rings (SSSR count). The van der Waals surface area contributed by atoms with E-state index >= 15 is 0 Å². The van der Waals surface area contributed by atoms with Crippen molar-refractivity contribution in [2.75, 3.05) is 0 Å². The maximum Gasteiger partial charge on any atom is 0.251 e. The standard InChI is InChI=1S/C18H19NO2.CH4/c1-13(2)17(12-20)19-18(21)16-10-8-15(9-11-16)14-6-4-3-5-7-14;/h3-13,17H,1-2H3,(H,19,21);1H4/t17-;/m1./s1. The first kappa shape index (κ1) is 17.6. The molecule has 0 unspecified atom stereocenters. The van der Waals surface area contributed by atoms with Crippen LogP contribution in [0.25, 0.3) is 11.1 Å². The smallest absolute Gasteiger partial charge is 0.251 e. The molecular weight excluding hydrogens is 274 g/mol. The van der Waals surface area contributed by atoms with Crippen molar-refractivity contribution in [2.45, 2.75) is 27.3 Å². The van der Waals surface area contributed by atoms with Crippen LogP contribution in [-0.2, 0) is 4.79 Å². The Hall–Kier alpha value is -2.42. The molecule has 0 aromatic heterocycles. The number of aldehydes is 1. The lowest BCUT2D eigenvalue weighted by Gasteiger charge is -2.16. The Labute approximate surface area is 132 Å². The van der Waals surface area contributed by atoms with E-state index < -0.39 is 6.04 Å². The molecule has 116 valence electrons. The second kappa shape index (κ2) is 8.13. The van der Waals surface area contributed by atoms with Crippen LogP contribution >= 0.6 is 0 Å². The molecular formula is C19H23NO2. The summed E-state index contributed by atoms with van der Waals surface area (Å²) in [6, 6.07) is 16.9. The summed E-state index contributed by atoms with van der Waals surface area (Å²) in [6.45, 7) is 3.80. The van der Waals surface area contributed by atoms with E-state index in [2.05, 4.69) is 5.32 Å².